The molecule has 1 aliphatic rings. The number of aliphatic hydroxyl groups excluding tert-OH is 1. The molecule has 0 spiro atoms. The van der Waals surface area contributed by atoms with E-state index in [0.29, 0.717) is 12.6 Å². The van der Waals surface area contributed by atoms with Gasteiger partial charge in [-0.25, -0.2) is 0 Å². The van der Waals surface area contributed by atoms with Gasteiger partial charge in [0.15, 0.2) is 0 Å². The molecule has 0 aromatic heterocycles. The first-order valence-electron chi connectivity index (χ1n) is 7.30. The maximum atomic E-state index is 10.2. The Labute approximate surface area is 120 Å². The fourth-order valence-corrected chi connectivity index (χ4v) is 2.98. The number of fused-ring (bicyclic) bond motifs is 1. The predicted octanol–water partition coefficient (Wildman–Crippen LogP) is 3.31. The van der Waals surface area contributed by atoms with Crippen LogP contribution >= 0.6 is 0 Å². The molecule has 2 unspecified atom stereocenters. The van der Waals surface area contributed by atoms with Crippen LogP contribution in [0, 0.1) is 6.92 Å². The van der Waals surface area contributed by atoms with Crippen molar-refractivity contribution in [1.29, 1.82) is 0 Å². The van der Waals surface area contributed by atoms with Crippen LogP contribution in [0.5, 0.6) is 0 Å². The molecule has 104 valence electrons. The molecular formula is C18H21NO. The third kappa shape index (κ3) is 2.77. The van der Waals surface area contributed by atoms with Gasteiger partial charge in [0.1, 0.15) is 0 Å². The summed E-state index contributed by atoms with van der Waals surface area (Å²) in [5.74, 6) is 0. The van der Waals surface area contributed by atoms with Crippen molar-refractivity contribution in [2.24, 2.45) is 0 Å². The summed E-state index contributed by atoms with van der Waals surface area (Å²) in [4.78, 5) is 0. The molecule has 2 N–H and O–H groups in total. The minimum Gasteiger partial charge on any atom is -0.387 e. The highest BCUT2D eigenvalue weighted by molar-refractivity contribution is 5.37. The number of benzene rings is 2. The van der Waals surface area contributed by atoms with Gasteiger partial charge in [0.25, 0.3) is 0 Å². The summed E-state index contributed by atoms with van der Waals surface area (Å²) in [6.45, 7) is 2.73. The Balaban J connectivity index is 1.65. The molecule has 0 bridgehead atoms. The lowest BCUT2D eigenvalue weighted by Crippen LogP contribution is -2.25. The molecule has 3 rings (SSSR count). The summed E-state index contributed by atoms with van der Waals surface area (Å²) in [6.07, 6.45) is 1.82. The normalized spacial score (nSPS) is 18.8. The zero-order valence-corrected chi connectivity index (χ0v) is 11.8. The predicted molar refractivity (Wildman–Crippen MR) is 81.6 cm³/mol. The summed E-state index contributed by atoms with van der Waals surface area (Å²) in [5.41, 5.74) is 5.14. The van der Waals surface area contributed by atoms with Gasteiger partial charge in [-0.3, -0.25) is 0 Å². The first-order valence-corrected chi connectivity index (χ1v) is 7.30. The average molecular weight is 267 g/mol. The number of aryl methyl sites for hydroxylation is 2. The van der Waals surface area contributed by atoms with Crippen molar-refractivity contribution >= 4 is 0 Å². The highest BCUT2D eigenvalue weighted by atomic mass is 16.3. The summed E-state index contributed by atoms with van der Waals surface area (Å²) >= 11 is 0. The molecule has 1 aliphatic carbocycles. The molecule has 0 aliphatic heterocycles. The van der Waals surface area contributed by atoms with E-state index in [9.17, 15) is 5.11 Å². The van der Waals surface area contributed by atoms with Gasteiger partial charge in [0.05, 0.1) is 6.10 Å². The van der Waals surface area contributed by atoms with E-state index in [1.807, 2.05) is 30.3 Å². The van der Waals surface area contributed by atoms with Crippen LogP contribution in [0.25, 0.3) is 0 Å². The molecule has 2 nitrogen and oxygen atoms in total. The van der Waals surface area contributed by atoms with Gasteiger partial charge < -0.3 is 10.4 Å². The monoisotopic (exact) mass is 267 g/mol. The van der Waals surface area contributed by atoms with E-state index in [4.69, 9.17) is 0 Å². The summed E-state index contributed by atoms with van der Waals surface area (Å²) in [7, 11) is 0. The first kappa shape index (κ1) is 13.3. The molecule has 0 fully saturated rings. The van der Waals surface area contributed by atoms with E-state index in [0.717, 1.165) is 18.4 Å². The van der Waals surface area contributed by atoms with Crippen molar-refractivity contribution in [2.75, 3.05) is 6.54 Å². The Kier molecular flexibility index (Phi) is 3.86. The number of nitrogens with one attached hydrogen (secondary N) is 1. The topological polar surface area (TPSA) is 32.3 Å². The van der Waals surface area contributed by atoms with Crippen LogP contribution in [0.2, 0.25) is 0 Å². The SMILES string of the molecule is Cc1ccc2c(c1)C(NCC(O)c1ccccc1)CC2. The summed E-state index contributed by atoms with van der Waals surface area (Å²) in [5, 5.41) is 13.7. The number of aliphatic hydroxyl groups is 1. The van der Waals surface area contributed by atoms with Crippen LogP contribution in [0.15, 0.2) is 48.5 Å². The highest BCUT2D eigenvalue weighted by Crippen LogP contribution is 2.32. The molecule has 2 atom stereocenters. The van der Waals surface area contributed by atoms with Crippen molar-refractivity contribution in [3.05, 3.63) is 70.8 Å². The van der Waals surface area contributed by atoms with E-state index in [2.05, 4.69) is 30.4 Å². The molecule has 0 heterocycles. The maximum Gasteiger partial charge on any atom is 0.0914 e. The van der Waals surface area contributed by atoms with Crippen LogP contribution in [0.4, 0.5) is 0 Å². The Morgan fingerprint density at radius 3 is 2.80 bits per heavy atom. The van der Waals surface area contributed by atoms with Gasteiger partial charge in [-0.05, 0) is 36.5 Å². The van der Waals surface area contributed by atoms with Crippen molar-refractivity contribution < 1.29 is 5.11 Å². The lowest BCUT2D eigenvalue weighted by molar-refractivity contribution is 0.169. The number of rotatable bonds is 4. The van der Waals surface area contributed by atoms with Gasteiger partial charge in [0, 0.05) is 12.6 Å². The van der Waals surface area contributed by atoms with Crippen molar-refractivity contribution in [3.8, 4) is 0 Å². The van der Waals surface area contributed by atoms with Crippen LogP contribution in [-0.2, 0) is 6.42 Å². The van der Waals surface area contributed by atoms with Gasteiger partial charge in [-0.1, -0.05) is 54.1 Å². The van der Waals surface area contributed by atoms with Crippen LogP contribution in [-0.4, -0.2) is 11.7 Å². The Bertz CT molecular complexity index is 579. The van der Waals surface area contributed by atoms with E-state index in [-0.39, 0.29) is 0 Å². The zero-order valence-electron chi connectivity index (χ0n) is 11.8. The molecule has 2 heteroatoms. The van der Waals surface area contributed by atoms with E-state index in [1.54, 1.807) is 0 Å². The molecular weight excluding hydrogens is 246 g/mol. The highest BCUT2D eigenvalue weighted by Gasteiger charge is 2.22. The van der Waals surface area contributed by atoms with Gasteiger partial charge in [0.2, 0.25) is 0 Å². The van der Waals surface area contributed by atoms with E-state index >= 15 is 0 Å². The lowest BCUT2D eigenvalue weighted by atomic mass is 10.0. The Hall–Kier alpha value is -1.64. The zero-order chi connectivity index (χ0) is 13.9. The fourth-order valence-electron chi connectivity index (χ4n) is 2.98. The van der Waals surface area contributed by atoms with Crippen molar-refractivity contribution in [2.45, 2.75) is 31.9 Å². The Morgan fingerprint density at radius 2 is 2.00 bits per heavy atom. The van der Waals surface area contributed by atoms with E-state index < -0.39 is 6.10 Å². The molecule has 20 heavy (non-hydrogen) atoms. The summed E-state index contributed by atoms with van der Waals surface area (Å²) in [6, 6.07) is 16.9. The maximum absolute atomic E-state index is 10.2. The van der Waals surface area contributed by atoms with Crippen molar-refractivity contribution in [3.63, 3.8) is 0 Å². The minimum atomic E-state index is -0.440. The lowest BCUT2D eigenvalue weighted by Gasteiger charge is -2.18. The van der Waals surface area contributed by atoms with Crippen LogP contribution in [0.3, 0.4) is 0 Å². The third-order valence-corrected chi connectivity index (χ3v) is 4.12. The molecule has 0 radical (unpaired) electrons. The Morgan fingerprint density at radius 1 is 1.20 bits per heavy atom. The summed E-state index contributed by atoms with van der Waals surface area (Å²) < 4.78 is 0. The smallest absolute Gasteiger partial charge is 0.0914 e. The number of hydrogen-bond acceptors (Lipinski definition) is 2. The first-order chi connectivity index (χ1) is 9.74. The minimum absolute atomic E-state index is 0.378. The molecule has 0 saturated carbocycles. The standard InChI is InChI=1S/C18H21NO/c1-13-7-8-14-9-10-17(16(14)11-13)19-12-18(20)15-5-3-2-4-6-15/h2-8,11,17-20H,9-10,12H2,1H3. The number of hydrogen-bond donors (Lipinski definition) is 2. The largest absolute Gasteiger partial charge is 0.387 e. The van der Waals surface area contributed by atoms with Crippen LogP contribution < -0.4 is 5.32 Å². The van der Waals surface area contributed by atoms with Gasteiger partial charge >= 0.3 is 0 Å². The average Bonchev–Trinajstić information content (AvgIpc) is 2.88. The van der Waals surface area contributed by atoms with Crippen molar-refractivity contribution in [1.82, 2.24) is 5.32 Å². The van der Waals surface area contributed by atoms with Gasteiger partial charge in [-0.2, -0.15) is 0 Å². The second-order valence-electron chi connectivity index (χ2n) is 5.63. The third-order valence-electron chi connectivity index (χ3n) is 4.12. The molecule has 2 aromatic rings. The second-order valence-corrected chi connectivity index (χ2v) is 5.63. The quantitative estimate of drug-likeness (QED) is 0.891. The molecule has 2 aromatic carbocycles. The van der Waals surface area contributed by atoms with Crippen LogP contribution in [0.1, 0.15) is 40.8 Å². The molecule has 0 saturated heterocycles. The fraction of sp³-hybridized carbons (Fsp3) is 0.333. The van der Waals surface area contributed by atoms with Gasteiger partial charge in [-0.15, -0.1) is 0 Å². The second kappa shape index (κ2) is 5.78. The van der Waals surface area contributed by atoms with E-state index in [1.165, 1.54) is 16.7 Å². The molecule has 0 amide bonds.